The number of rotatable bonds is 0. The SMILES string of the molecule is C[C@@H]1CCCC[C@@H]1F. The Morgan fingerprint density at radius 3 is 2.25 bits per heavy atom. The van der Waals surface area contributed by atoms with E-state index in [2.05, 4.69) is 0 Å². The van der Waals surface area contributed by atoms with Crippen LogP contribution in [0, 0.1) is 5.92 Å². The fraction of sp³-hybridized carbons (Fsp3) is 1.00. The van der Waals surface area contributed by atoms with Gasteiger partial charge in [-0.2, -0.15) is 0 Å². The van der Waals surface area contributed by atoms with E-state index in [4.69, 9.17) is 0 Å². The van der Waals surface area contributed by atoms with Gasteiger partial charge in [0, 0.05) is 0 Å². The van der Waals surface area contributed by atoms with E-state index in [0.717, 1.165) is 19.3 Å². The predicted molar refractivity (Wildman–Crippen MR) is 32.5 cm³/mol. The average molecular weight is 116 g/mol. The lowest BCUT2D eigenvalue weighted by Gasteiger charge is -2.21. The van der Waals surface area contributed by atoms with Crippen molar-refractivity contribution in [1.29, 1.82) is 0 Å². The lowest BCUT2D eigenvalue weighted by atomic mass is 9.89. The molecule has 0 bridgehead atoms. The number of halogens is 1. The Morgan fingerprint density at radius 1 is 1.25 bits per heavy atom. The molecule has 1 heteroatoms. The molecule has 0 radical (unpaired) electrons. The Morgan fingerprint density at radius 2 is 1.88 bits per heavy atom. The van der Waals surface area contributed by atoms with Gasteiger partial charge in [-0.1, -0.05) is 19.8 Å². The molecule has 0 aromatic rings. The molecule has 2 atom stereocenters. The number of hydrogen-bond acceptors (Lipinski definition) is 0. The Kier molecular flexibility index (Phi) is 1.87. The van der Waals surface area contributed by atoms with Gasteiger partial charge in [-0.25, -0.2) is 4.39 Å². The summed E-state index contributed by atoms with van der Waals surface area (Å²) in [4.78, 5) is 0. The molecule has 0 aromatic heterocycles. The van der Waals surface area contributed by atoms with Crippen LogP contribution in [0.1, 0.15) is 32.6 Å². The van der Waals surface area contributed by atoms with Crippen LogP contribution >= 0.6 is 0 Å². The van der Waals surface area contributed by atoms with E-state index in [0.29, 0.717) is 5.92 Å². The molecule has 1 saturated carbocycles. The van der Waals surface area contributed by atoms with E-state index < -0.39 is 6.17 Å². The first-order valence-corrected chi connectivity index (χ1v) is 3.45. The molecule has 1 fully saturated rings. The summed E-state index contributed by atoms with van der Waals surface area (Å²) in [5.41, 5.74) is 0. The monoisotopic (exact) mass is 116 g/mol. The highest BCUT2D eigenvalue weighted by molar-refractivity contribution is 4.70. The van der Waals surface area contributed by atoms with E-state index in [1.807, 2.05) is 6.92 Å². The summed E-state index contributed by atoms with van der Waals surface area (Å²) in [7, 11) is 0. The molecule has 48 valence electrons. The molecule has 1 aliphatic carbocycles. The summed E-state index contributed by atoms with van der Waals surface area (Å²) < 4.78 is 12.6. The smallest absolute Gasteiger partial charge is 0.103 e. The zero-order valence-corrected chi connectivity index (χ0v) is 5.36. The Bertz CT molecular complexity index is 60.8. The van der Waals surface area contributed by atoms with Crippen LogP contribution in [0.2, 0.25) is 0 Å². The minimum Gasteiger partial charge on any atom is -0.247 e. The molecule has 0 amide bonds. The summed E-state index contributed by atoms with van der Waals surface area (Å²) in [6.45, 7) is 2.00. The largest absolute Gasteiger partial charge is 0.247 e. The van der Waals surface area contributed by atoms with E-state index in [9.17, 15) is 4.39 Å². The molecule has 1 rings (SSSR count). The van der Waals surface area contributed by atoms with Gasteiger partial charge in [-0.15, -0.1) is 0 Å². The van der Waals surface area contributed by atoms with Gasteiger partial charge in [0.25, 0.3) is 0 Å². The van der Waals surface area contributed by atoms with Crippen LogP contribution in [0.4, 0.5) is 4.39 Å². The standard InChI is InChI=1S/C7H13F/c1-6-4-2-3-5-7(6)8/h6-7H,2-5H2,1H3/t6-,7+/m1/s1. The quantitative estimate of drug-likeness (QED) is 0.456. The van der Waals surface area contributed by atoms with Crippen LogP contribution in [0.25, 0.3) is 0 Å². The Labute approximate surface area is 50.1 Å². The third-order valence-corrected chi connectivity index (χ3v) is 2.01. The van der Waals surface area contributed by atoms with Crippen LogP contribution in [0.3, 0.4) is 0 Å². The van der Waals surface area contributed by atoms with Gasteiger partial charge < -0.3 is 0 Å². The number of alkyl halides is 1. The van der Waals surface area contributed by atoms with Crippen LogP contribution in [0.15, 0.2) is 0 Å². The molecule has 0 saturated heterocycles. The van der Waals surface area contributed by atoms with Crippen molar-refractivity contribution in [2.45, 2.75) is 38.8 Å². The molecule has 0 nitrogen and oxygen atoms in total. The Hall–Kier alpha value is -0.0700. The van der Waals surface area contributed by atoms with Gasteiger partial charge in [0.2, 0.25) is 0 Å². The van der Waals surface area contributed by atoms with Crippen molar-refractivity contribution < 1.29 is 4.39 Å². The molecule has 8 heavy (non-hydrogen) atoms. The van der Waals surface area contributed by atoms with Crippen molar-refractivity contribution in [3.63, 3.8) is 0 Å². The fourth-order valence-corrected chi connectivity index (χ4v) is 1.27. The van der Waals surface area contributed by atoms with Crippen LogP contribution in [-0.4, -0.2) is 6.17 Å². The molecule has 0 aromatic carbocycles. The second-order valence-electron chi connectivity index (χ2n) is 2.78. The van der Waals surface area contributed by atoms with Crippen LogP contribution in [-0.2, 0) is 0 Å². The third-order valence-electron chi connectivity index (χ3n) is 2.01. The van der Waals surface area contributed by atoms with Crippen molar-refractivity contribution in [2.24, 2.45) is 5.92 Å². The highest BCUT2D eigenvalue weighted by Crippen LogP contribution is 2.25. The van der Waals surface area contributed by atoms with Crippen molar-refractivity contribution in [3.8, 4) is 0 Å². The maximum absolute atomic E-state index is 12.6. The topological polar surface area (TPSA) is 0 Å². The van der Waals surface area contributed by atoms with Crippen LogP contribution < -0.4 is 0 Å². The second kappa shape index (κ2) is 2.47. The van der Waals surface area contributed by atoms with Crippen molar-refractivity contribution in [1.82, 2.24) is 0 Å². The van der Waals surface area contributed by atoms with E-state index >= 15 is 0 Å². The molecule has 0 N–H and O–H groups in total. The lowest BCUT2D eigenvalue weighted by molar-refractivity contribution is 0.179. The minimum atomic E-state index is -0.497. The molecular formula is C7H13F. The summed E-state index contributed by atoms with van der Waals surface area (Å²) in [5.74, 6) is 0.337. The molecule has 0 spiro atoms. The van der Waals surface area contributed by atoms with Gasteiger partial charge in [-0.3, -0.25) is 0 Å². The maximum atomic E-state index is 12.6. The van der Waals surface area contributed by atoms with E-state index in [-0.39, 0.29) is 0 Å². The molecule has 1 aliphatic rings. The number of hydrogen-bond donors (Lipinski definition) is 0. The normalized spacial score (nSPS) is 39.8. The van der Waals surface area contributed by atoms with Crippen LogP contribution in [0.5, 0.6) is 0 Å². The summed E-state index contributed by atoms with van der Waals surface area (Å²) in [6, 6.07) is 0. The fourth-order valence-electron chi connectivity index (χ4n) is 1.27. The highest BCUT2D eigenvalue weighted by Gasteiger charge is 2.19. The van der Waals surface area contributed by atoms with Gasteiger partial charge in [-0.05, 0) is 18.8 Å². The van der Waals surface area contributed by atoms with Gasteiger partial charge in [0.05, 0.1) is 0 Å². The van der Waals surface area contributed by atoms with Crippen molar-refractivity contribution >= 4 is 0 Å². The third kappa shape index (κ3) is 1.21. The van der Waals surface area contributed by atoms with Crippen molar-refractivity contribution in [2.75, 3.05) is 0 Å². The second-order valence-corrected chi connectivity index (χ2v) is 2.78. The highest BCUT2D eigenvalue weighted by atomic mass is 19.1. The lowest BCUT2D eigenvalue weighted by Crippen LogP contribution is -2.16. The first kappa shape index (κ1) is 6.06. The Balaban J connectivity index is 2.28. The summed E-state index contributed by atoms with van der Waals surface area (Å²) in [6.07, 6.45) is 3.75. The average Bonchev–Trinajstić information content (AvgIpc) is 1.77. The molecule has 0 aliphatic heterocycles. The summed E-state index contributed by atoms with van der Waals surface area (Å²) in [5, 5.41) is 0. The zero-order valence-electron chi connectivity index (χ0n) is 5.36. The molecular weight excluding hydrogens is 103 g/mol. The molecule has 0 unspecified atom stereocenters. The van der Waals surface area contributed by atoms with Gasteiger partial charge in [0.1, 0.15) is 6.17 Å². The van der Waals surface area contributed by atoms with Crippen molar-refractivity contribution in [3.05, 3.63) is 0 Å². The zero-order chi connectivity index (χ0) is 5.98. The molecule has 0 heterocycles. The van der Waals surface area contributed by atoms with E-state index in [1.165, 1.54) is 6.42 Å². The summed E-state index contributed by atoms with van der Waals surface area (Å²) >= 11 is 0. The van der Waals surface area contributed by atoms with Gasteiger partial charge >= 0.3 is 0 Å². The first-order chi connectivity index (χ1) is 3.80. The predicted octanol–water partition coefficient (Wildman–Crippen LogP) is 2.53. The maximum Gasteiger partial charge on any atom is 0.103 e. The minimum absolute atomic E-state index is 0.337. The first-order valence-electron chi connectivity index (χ1n) is 3.45. The van der Waals surface area contributed by atoms with Gasteiger partial charge in [0.15, 0.2) is 0 Å². The van der Waals surface area contributed by atoms with E-state index in [1.54, 1.807) is 0 Å².